The third-order valence-corrected chi connectivity index (χ3v) is 6.33. The Morgan fingerprint density at radius 1 is 1.00 bits per heavy atom. The van der Waals surface area contributed by atoms with Crippen molar-refractivity contribution < 1.29 is 19.1 Å². The first-order valence-electron chi connectivity index (χ1n) is 12.0. The van der Waals surface area contributed by atoms with E-state index in [1.165, 1.54) is 0 Å². The molecule has 0 N–H and O–H groups in total. The molecule has 0 atom stereocenters. The Hall–Kier alpha value is -3.67. The van der Waals surface area contributed by atoms with E-state index in [9.17, 15) is 9.59 Å². The standard InChI is InChI=1S/C29H32N2O4/c1-18(2)31(19(3)4)26(32)17-35-29(33)27-23-8-6-7-9-25(23)30-28-21(12-15-24(27)28)16-20-10-13-22(34-5)14-11-20/h6-11,13-14,16,18-19H,12,15,17H2,1-5H3/b21-16+. The summed E-state index contributed by atoms with van der Waals surface area (Å²) in [4.78, 5) is 32.8. The lowest BCUT2D eigenvalue weighted by molar-refractivity contribution is -0.138. The average Bonchev–Trinajstić information content (AvgIpc) is 3.22. The van der Waals surface area contributed by atoms with Gasteiger partial charge in [-0.3, -0.25) is 4.79 Å². The van der Waals surface area contributed by atoms with Crippen molar-refractivity contribution in [1.82, 2.24) is 9.88 Å². The van der Waals surface area contributed by atoms with Crippen LogP contribution in [-0.4, -0.2) is 47.6 Å². The SMILES string of the molecule is COc1ccc(/C=C2\CCc3c2nc2ccccc2c3C(=O)OCC(=O)N(C(C)C)C(C)C)cc1. The molecule has 0 bridgehead atoms. The number of amides is 1. The summed E-state index contributed by atoms with van der Waals surface area (Å²) in [5, 5.41) is 0.749. The molecule has 1 aliphatic carbocycles. The van der Waals surface area contributed by atoms with Gasteiger partial charge in [0.05, 0.1) is 23.9 Å². The second-order valence-electron chi connectivity index (χ2n) is 9.34. The summed E-state index contributed by atoms with van der Waals surface area (Å²) in [6.07, 6.45) is 3.57. The molecule has 35 heavy (non-hydrogen) atoms. The normalized spacial score (nSPS) is 14.0. The Bertz CT molecular complexity index is 1270. The van der Waals surface area contributed by atoms with E-state index in [4.69, 9.17) is 14.5 Å². The predicted octanol–water partition coefficient (Wildman–Crippen LogP) is 5.53. The lowest BCUT2D eigenvalue weighted by atomic mass is 10.0. The maximum absolute atomic E-state index is 13.4. The van der Waals surface area contributed by atoms with Gasteiger partial charge in [-0.1, -0.05) is 30.3 Å². The smallest absolute Gasteiger partial charge is 0.339 e. The molecule has 0 spiro atoms. The molecular formula is C29H32N2O4. The molecule has 0 unspecified atom stereocenters. The van der Waals surface area contributed by atoms with Gasteiger partial charge in [0.25, 0.3) is 5.91 Å². The van der Waals surface area contributed by atoms with Crippen molar-refractivity contribution in [2.24, 2.45) is 0 Å². The summed E-state index contributed by atoms with van der Waals surface area (Å²) in [5.74, 6) is 0.126. The number of rotatable bonds is 7. The molecule has 0 fully saturated rings. The van der Waals surface area contributed by atoms with Crippen LogP contribution in [0.15, 0.2) is 48.5 Å². The summed E-state index contributed by atoms with van der Waals surface area (Å²) < 4.78 is 10.8. The number of ether oxygens (including phenoxy) is 2. The molecule has 6 nitrogen and oxygen atoms in total. The monoisotopic (exact) mass is 472 g/mol. The van der Waals surface area contributed by atoms with E-state index < -0.39 is 5.97 Å². The van der Waals surface area contributed by atoms with Crippen molar-refractivity contribution in [3.05, 3.63) is 70.9 Å². The van der Waals surface area contributed by atoms with Crippen molar-refractivity contribution in [2.45, 2.75) is 52.6 Å². The fourth-order valence-electron chi connectivity index (χ4n) is 4.86. The van der Waals surface area contributed by atoms with Crippen molar-refractivity contribution in [3.63, 3.8) is 0 Å². The Kier molecular flexibility index (Phi) is 7.20. The summed E-state index contributed by atoms with van der Waals surface area (Å²) in [7, 11) is 1.65. The van der Waals surface area contributed by atoms with E-state index in [1.54, 1.807) is 12.0 Å². The number of carbonyl (C=O) groups excluding carboxylic acids is 2. The highest BCUT2D eigenvalue weighted by Gasteiger charge is 2.29. The molecule has 0 radical (unpaired) electrons. The zero-order valence-corrected chi connectivity index (χ0v) is 21.0. The van der Waals surface area contributed by atoms with Crippen molar-refractivity contribution in [2.75, 3.05) is 13.7 Å². The van der Waals surface area contributed by atoms with Gasteiger partial charge in [0.2, 0.25) is 0 Å². The molecular weight excluding hydrogens is 440 g/mol. The molecule has 1 amide bonds. The Labute approximate surface area is 206 Å². The lowest BCUT2D eigenvalue weighted by Gasteiger charge is -2.30. The summed E-state index contributed by atoms with van der Waals surface area (Å²) in [6.45, 7) is 7.55. The van der Waals surface area contributed by atoms with Gasteiger partial charge in [-0.2, -0.15) is 0 Å². The van der Waals surface area contributed by atoms with Crippen LogP contribution in [0.4, 0.5) is 0 Å². The van der Waals surface area contributed by atoms with E-state index in [0.717, 1.165) is 45.5 Å². The van der Waals surface area contributed by atoms with Crippen molar-refractivity contribution >= 4 is 34.4 Å². The van der Waals surface area contributed by atoms with Crippen LogP contribution in [0.5, 0.6) is 5.75 Å². The van der Waals surface area contributed by atoms with Crippen molar-refractivity contribution in [1.29, 1.82) is 0 Å². The van der Waals surface area contributed by atoms with Crippen LogP contribution in [0.3, 0.4) is 0 Å². The van der Waals surface area contributed by atoms with Crippen LogP contribution >= 0.6 is 0 Å². The number of methoxy groups -OCH3 is 1. The number of allylic oxidation sites excluding steroid dienone is 1. The van der Waals surface area contributed by atoms with E-state index in [-0.39, 0.29) is 24.6 Å². The number of esters is 1. The predicted molar refractivity (Wildman–Crippen MR) is 138 cm³/mol. The maximum atomic E-state index is 13.4. The number of carbonyl (C=O) groups is 2. The highest BCUT2D eigenvalue weighted by molar-refractivity contribution is 6.07. The van der Waals surface area contributed by atoms with Gasteiger partial charge in [0.1, 0.15) is 5.75 Å². The van der Waals surface area contributed by atoms with Crippen LogP contribution in [0.2, 0.25) is 0 Å². The first kappa shape index (κ1) is 24.5. The lowest BCUT2D eigenvalue weighted by Crippen LogP contribution is -2.44. The van der Waals surface area contributed by atoms with E-state index >= 15 is 0 Å². The molecule has 0 saturated carbocycles. The molecule has 0 saturated heterocycles. The first-order valence-corrected chi connectivity index (χ1v) is 12.0. The van der Waals surface area contributed by atoms with Crippen LogP contribution in [0, 0.1) is 0 Å². The third kappa shape index (κ3) is 5.06. The molecule has 182 valence electrons. The number of hydrogen-bond acceptors (Lipinski definition) is 5. The number of benzene rings is 2. The Morgan fingerprint density at radius 3 is 2.34 bits per heavy atom. The quantitative estimate of drug-likeness (QED) is 0.423. The van der Waals surface area contributed by atoms with Gasteiger partial charge < -0.3 is 14.4 Å². The van der Waals surface area contributed by atoms with Crippen molar-refractivity contribution in [3.8, 4) is 5.75 Å². The Balaban J connectivity index is 1.68. The second kappa shape index (κ2) is 10.3. The topological polar surface area (TPSA) is 68.7 Å². The molecule has 4 rings (SSSR count). The third-order valence-electron chi connectivity index (χ3n) is 6.33. The average molecular weight is 473 g/mol. The van der Waals surface area contributed by atoms with Gasteiger partial charge in [0, 0.05) is 17.5 Å². The fourth-order valence-corrected chi connectivity index (χ4v) is 4.86. The molecule has 3 aromatic rings. The minimum atomic E-state index is -0.480. The van der Waals surface area contributed by atoms with Crippen LogP contribution in [-0.2, 0) is 16.0 Å². The minimum Gasteiger partial charge on any atom is -0.497 e. The van der Waals surface area contributed by atoms with E-state index in [2.05, 4.69) is 6.08 Å². The number of aromatic nitrogens is 1. The van der Waals surface area contributed by atoms with Gasteiger partial charge in [-0.25, -0.2) is 9.78 Å². The summed E-state index contributed by atoms with van der Waals surface area (Å²) >= 11 is 0. The van der Waals surface area contributed by atoms with Gasteiger partial charge in [-0.05, 0) is 81.5 Å². The van der Waals surface area contributed by atoms with Crippen LogP contribution < -0.4 is 4.74 Å². The molecule has 0 aliphatic heterocycles. The number of para-hydroxylation sites is 1. The maximum Gasteiger partial charge on any atom is 0.339 e. The molecule has 2 aromatic carbocycles. The highest BCUT2D eigenvalue weighted by Crippen LogP contribution is 2.38. The second-order valence-corrected chi connectivity index (χ2v) is 9.34. The van der Waals surface area contributed by atoms with Crippen LogP contribution in [0.1, 0.15) is 61.3 Å². The number of fused-ring (bicyclic) bond motifs is 2. The fraction of sp³-hybridized carbons (Fsp3) is 0.345. The minimum absolute atomic E-state index is 0.0258. The van der Waals surface area contributed by atoms with Gasteiger partial charge in [-0.15, -0.1) is 0 Å². The van der Waals surface area contributed by atoms with Gasteiger partial charge >= 0.3 is 5.97 Å². The molecule has 1 heterocycles. The first-order chi connectivity index (χ1) is 16.8. The highest BCUT2D eigenvalue weighted by atomic mass is 16.5. The Morgan fingerprint density at radius 2 is 1.69 bits per heavy atom. The molecule has 6 heteroatoms. The summed E-state index contributed by atoms with van der Waals surface area (Å²) in [6, 6.07) is 15.5. The number of pyridine rings is 1. The zero-order chi connectivity index (χ0) is 25.1. The van der Waals surface area contributed by atoms with Gasteiger partial charge in [0.15, 0.2) is 6.61 Å². The summed E-state index contributed by atoms with van der Waals surface area (Å²) in [5.41, 5.74) is 5.07. The number of hydrogen-bond donors (Lipinski definition) is 0. The van der Waals surface area contributed by atoms with E-state index in [0.29, 0.717) is 12.0 Å². The molecule has 1 aliphatic rings. The van der Waals surface area contributed by atoms with Crippen LogP contribution in [0.25, 0.3) is 22.6 Å². The van der Waals surface area contributed by atoms with E-state index in [1.807, 2.05) is 76.2 Å². The molecule has 1 aromatic heterocycles. The zero-order valence-electron chi connectivity index (χ0n) is 21.0. The largest absolute Gasteiger partial charge is 0.497 e. The number of nitrogens with zero attached hydrogens (tertiary/aromatic N) is 2.